The average Bonchev–Trinajstić information content (AvgIpc) is 2.29. The fraction of sp³-hybridized carbons (Fsp3) is 0.500. The van der Waals surface area contributed by atoms with Crippen molar-refractivity contribution in [1.82, 2.24) is 0 Å². The molecule has 0 aromatic heterocycles. The Labute approximate surface area is 99.4 Å². The molecule has 1 aromatic rings. The molecule has 1 atom stereocenters. The van der Waals surface area contributed by atoms with Gasteiger partial charge in [0, 0.05) is 22.2 Å². The minimum atomic E-state index is -0.748. The molecule has 0 aliphatic rings. The Kier molecular flexibility index (Phi) is 5.93. The zero-order chi connectivity index (χ0) is 11.8. The summed E-state index contributed by atoms with van der Waals surface area (Å²) in [5.74, 6) is 2.16. The third kappa shape index (κ3) is 5.16. The summed E-state index contributed by atoms with van der Waals surface area (Å²) >= 11 is 0. The van der Waals surface area contributed by atoms with E-state index in [2.05, 4.69) is 6.92 Å². The SMILES string of the molecule is CCCCS(=O)CCOc1ccc(N)cc1. The topological polar surface area (TPSA) is 52.3 Å². The fourth-order valence-corrected chi connectivity index (χ4v) is 2.31. The molecule has 0 saturated heterocycles. The van der Waals surface area contributed by atoms with Gasteiger partial charge in [-0.15, -0.1) is 0 Å². The molecule has 4 heteroatoms. The second-order valence-corrected chi connectivity index (χ2v) is 5.32. The predicted octanol–water partition coefficient (Wildman–Crippen LogP) is 2.20. The Morgan fingerprint density at radius 2 is 1.94 bits per heavy atom. The maximum absolute atomic E-state index is 11.5. The second-order valence-electron chi connectivity index (χ2n) is 3.62. The fourth-order valence-electron chi connectivity index (χ4n) is 1.22. The molecule has 2 N–H and O–H groups in total. The third-order valence-corrected chi connectivity index (χ3v) is 3.55. The number of anilines is 1. The van der Waals surface area contributed by atoms with E-state index in [4.69, 9.17) is 10.5 Å². The van der Waals surface area contributed by atoms with Crippen molar-refractivity contribution in [3.63, 3.8) is 0 Å². The van der Waals surface area contributed by atoms with E-state index >= 15 is 0 Å². The average molecular weight is 241 g/mol. The molecule has 0 heterocycles. The Balaban J connectivity index is 2.20. The van der Waals surface area contributed by atoms with Gasteiger partial charge in [-0.2, -0.15) is 0 Å². The van der Waals surface area contributed by atoms with Crippen LogP contribution >= 0.6 is 0 Å². The van der Waals surface area contributed by atoms with E-state index in [1.165, 1.54) is 0 Å². The summed E-state index contributed by atoms with van der Waals surface area (Å²) in [6.45, 7) is 2.60. The van der Waals surface area contributed by atoms with Gasteiger partial charge in [-0.1, -0.05) is 13.3 Å². The lowest BCUT2D eigenvalue weighted by Gasteiger charge is -2.06. The molecule has 0 spiro atoms. The highest BCUT2D eigenvalue weighted by Gasteiger charge is 1.99. The van der Waals surface area contributed by atoms with Crippen LogP contribution in [0.15, 0.2) is 24.3 Å². The largest absolute Gasteiger partial charge is 0.493 e. The van der Waals surface area contributed by atoms with Crippen LogP contribution in [-0.4, -0.2) is 22.3 Å². The normalized spacial score (nSPS) is 12.3. The number of hydrogen-bond donors (Lipinski definition) is 1. The van der Waals surface area contributed by atoms with Crippen molar-refractivity contribution in [3.8, 4) is 5.75 Å². The number of benzene rings is 1. The van der Waals surface area contributed by atoms with Crippen LogP contribution in [0.4, 0.5) is 5.69 Å². The van der Waals surface area contributed by atoms with Gasteiger partial charge in [0.25, 0.3) is 0 Å². The van der Waals surface area contributed by atoms with Gasteiger partial charge < -0.3 is 10.5 Å². The lowest BCUT2D eigenvalue weighted by molar-refractivity contribution is 0.342. The summed E-state index contributed by atoms with van der Waals surface area (Å²) in [7, 11) is -0.748. The standard InChI is InChI=1S/C12H19NO2S/c1-2-3-9-16(14)10-8-15-12-6-4-11(13)5-7-12/h4-7H,2-3,8-10,13H2,1H3. The van der Waals surface area contributed by atoms with Crippen molar-refractivity contribution >= 4 is 16.5 Å². The van der Waals surface area contributed by atoms with Crippen LogP contribution in [0.2, 0.25) is 0 Å². The van der Waals surface area contributed by atoms with Gasteiger partial charge in [0.05, 0.1) is 12.4 Å². The number of nitrogen functional groups attached to an aromatic ring is 1. The van der Waals surface area contributed by atoms with Gasteiger partial charge in [0.15, 0.2) is 0 Å². The summed E-state index contributed by atoms with van der Waals surface area (Å²) in [6.07, 6.45) is 2.11. The quantitative estimate of drug-likeness (QED) is 0.745. The van der Waals surface area contributed by atoms with Crippen LogP contribution in [0.1, 0.15) is 19.8 Å². The highest BCUT2D eigenvalue weighted by atomic mass is 32.2. The molecular weight excluding hydrogens is 222 g/mol. The Morgan fingerprint density at radius 1 is 1.25 bits per heavy atom. The van der Waals surface area contributed by atoms with Gasteiger partial charge in [-0.3, -0.25) is 4.21 Å². The number of nitrogens with two attached hydrogens (primary N) is 1. The van der Waals surface area contributed by atoms with Crippen LogP contribution in [0.25, 0.3) is 0 Å². The molecule has 0 bridgehead atoms. The molecule has 3 nitrogen and oxygen atoms in total. The van der Waals surface area contributed by atoms with E-state index in [1.807, 2.05) is 12.1 Å². The van der Waals surface area contributed by atoms with Crippen LogP contribution in [-0.2, 0) is 10.8 Å². The molecule has 0 saturated carbocycles. The summed E-state index contributed by atoms with van der Waals surface area (Å²) < 4.78 is 16.9. The van der Waals surface area contributed by atoms with E-state index in [0.29, 0.717) is 12.4 Å². The Morgan fingerprint density at radius 3 is 2.56 bits per heavy atom. The van der Waals surface area contributed by atoms with Gasteiger partial charge in [0.1, 0.15) is 5.75 Å². The molecule has 0 aliphatic heterocycles. The minimum Gasteiger partial charge on any atom is -0.493 e. The minimum absolute atomic E-state index is 0.500. The number of rotatable bonds is 7. The van der Waals surface area contributed by atoms with Crippen molar-refractivity contribution in [2.45, 2.75) is 19.8 Å². The number of ether oxygens (including phenoxy) is 1. The molecular formula is C12H19NO2S. The Hall–Kier alpha value is -1.03. The molecule has 16 heavy (non-hydrogen) atoms. The Bertz CT molecular complexity index is 324. The van der Waals surface area contributed by atoms with Crippen LogP contribution < -0.4 is 10.5 Å². The van der Waals surface area contributed by atoms with Crippen molar-refractivity contribution in [1.29, 1.82) is 0 Å². The van der Waals surface area contributed by atoms with Crippen molar-refractivity contribution < 1.29 is 8.95 Å². The van der Waals surface area contributed by atoms with Crippen LogP contribution in [0.3, 0.4) is 0 Å². The van der Waals surface area contributed by atoms with E-state index in [-0.39, 0.29) is 0 Å². The zero-order valence-corrected chi connectivity index (χ0v) is 10.5. The first-order valence-corrected chi connectivity index (χ1v) is 7.04. The maximum atomic E-state index is 11.5. The summed E-state index contributed by atoms with van der Waals surface area (Å²) in [6, 6.07) is 7.24. The number of unbranched alkanes of at least 4 members (excludes halogenated alkanes) is 1. The first-order valence-electron chi connectivity index (χ1n) is 5.55. The highest BCUT2D eigenvalue weighted by molar-refractivity contribution is 7.84. The summed E-state index contributed by atoms with van der Waals surface area (Å²) in [5.41, 5.74) is 6.28. The van der Waals surface area contributed by atoms with E-state index in [1.54, 1.807) is 12.1 Å². The predicted molar refractivity (Wildman–Crippen MR) is 69.1 cm³/mol. The van der Waals surface area contributed by atoms with E-state index < -0.39 is 10.8 Å². The first-order chi connectivity index (χ1) is 7.72. The van der Waals surface area contributed by atoms with Gasteiger partial charge in [0.2, 0.25) is 0 Å². The maximum Gasteiger partial charge on any atom is 0.119 e. The molecule has 1 rings (SSSR count). The van der Waals surface area contributed by atoms with Crippen LogP contribution in [0.5, 0.6) is 5.75 Å². The highest BCUT2D eigenvalue weighted by Crippen LogP contribution is 2.12. The summed E-state index contributed by atoms with van der Waals surface area (Å²) in [4.78, 5) is 0. The third-order valence-electron chi connectivity index (χ3n) is 2.19. The van der Waals surface area contributed by atoms with E-state index in [0.717, 1.165) is 30.0 Å². The van der Waals surface area contributed by atoms with Crippen LogP contribution in [0, 0.1) is 0 Å². The van der Waals surface area contributed by atoms with Gasteiger partial charge in [-0.25, -0.2) is 0 Å². The molecule has 0 radical (unpaired) electrons. The van der Waals surface area contributed by atoms with Gasteiger partial charge >= 0.3 is 0 Å². The summed E-state index contributed by atoms with van der Waals surface area (Å²) in [5, 5.41) is 0. The molecule has 1 unspecified atom stereocenters. The van der Waals surface area contributed by atoms with Crippen molar-refractivity contribution in [2.75, 3.05) is 23.8 Å². The van der Waals surface area contributed by atoms with E-state index in [9.17, 15) is 4.21 Å². The lowest BCUT2D eigenvalue weighted by atomic mass is 10.3. The molecule has 0 aliphatic carbocycles. The van der Waals surface area contributed by atoms with Crippen molar-refractivity contribution in [3.05, 3.63) is 24.3 Å². The zero-order valence-electron chi connectivity index (χ0n) is 9.65. The first kappa shape index (κ1) is 13.0. The van der Waals surface area contributed by atoms with Gasteiger partial charge in [-0.05, 0) is 30.7 Å². The monoisotopic (exact) mass is 241 g/mol. The molecule has 1 aromatic carbocycles. The lowest BCUT2D eigenvalue weighted by Crippen LogP contribution is -2.10. The number of hydrogen-bond acceptors (Lipinski definition) is 3. The second kappa shape index (κ2) is 7.28. The smallest absolute Gasteiger partial charge is 0.119 e. The van der Waals surface area contributed by atoms with Crippen molar-refractivity contribution in [2.24, 2.45) is 0 Å². The molecule has 0 fully saturated rings. The molecule has 90 valence electrons. The molecule has 0 amide bonds.